The Morgan fingerprint density at radius 2 is 2.25 bits per heavy atom. The van der Waals surface area contributed by atoms with Crippen LogP contribution in [0, 0.1) is 5.92 Å². The van der Waals surface area contributed by atoms with E-state index in [4.69, 9.17) is 0 Å². The van der Waals surface area contributed by atoms with Crippen LogP contribution in [-0.4, -0.2) is 27.5 Å². The molecule has 92 valence electrons. The van der Waals surface area contributed by atoms with Gasteiger partial charge in [0.2, 0.25) is 0 Å². The van der Waals surface area contributed by atoms with E-state index in [0.29, 0.717) is 5.92 Å². The summed E-state index contributed by atoms with van der Waals surface area (Å²) in [7, 11) is 0. The second kappa shape index (κ2) is 6.66. The maximum absolute atomic E-state index is 9.61. The molecular weight excluding hydrogens is 202 g/mol. The van der Waals surface area contributed by atoms with Crippen molar-refractivity contribution in [1.82, 2.24) is 15.1 Å². The molecule has 4 nitrogen and oxygen atoms in total. The van der Waals surface area contributed by atoms with Gasteiger partial charge in [-0.05, 0) is 25.8 Å². The third-order valence-corrected chi connectivity index (χ3v) is 2.73. The van der Waals surface area contributed by atoms with Crippen molar-refractivity contribution in [1.29, 1.82) is 0 Å². The van der Waals surface area contributed by atoms with Gasteiger partial charge in [-0.25, -0.2) is 0 Å². The predicted molar refractivity (Wildman–Crippen MR) is 65.1 cm³/mol. The first-order valence-electron chi connectivity index (χ1n) is 6.03. The zero-order valence-corrected chi connectivity index (χ0v) is 10.5. The lowest BCUT2D eigenvalue weighted by atomic mass is 10.0. The normalized spacial score (nSPS) is 13.3. The fraction of sp³-hybridized carbons (Fsp3) is 0.750. The molecule has 0 aromatic carbocycles. The van der Waals surface area contributed by atoms with Crippen molar-refractivity contribution in [2.75, 3.05) is 6.54 Å². The van der Waals surface area contributed by atoms with Gasteiger partial charge in [-0.2, -0.15) is 5.10 Å². The Morgan fingerprint density at radius 3 is 2.81 bits per heavy atom. The summed E-state index contributed by atoms with van der Waals surface area (Å²) < 4.78 is 1.92. The smallest absolute Gasteiger partial charge is 0.0575 e. The number of aliphatic hydroxyl groups excluding tert-OH is 1. The molecule has 0 saturated carbocycles. The Morgan fingerprint density at radius 1 is 1.50 bits per heavy atom. The number of aryl methyl sites for hydroxylation is 1. The summed E-state index contributed by atoms with van der Waals surface area (Å²) in [5, 5.41) is 17.1. The van der Waals surface area contributed by atoms with Crippen LogP contribution in [-0.2, 0) is 13.1 Å². The molecule has 0 saturated heterocycles. The first-order valence-corrected chi connectivity index (χ1v) is 6.03. The molecule has 0 aliphatic carbocycles. The molecule has 0 aliphatic rings. The average molecular weight is 225 g/mol. The highest BCUT2D eigenvalue weighted by Crippen LogP contribution is 2.04. The van der Waals surface area contributed by atoms with E-state index in [-0.39, 0.29) is 6.10 Å². The van der Waals surface area contributed by atoms with Gasteiger partial charge in [0.15, 0.2) is 0 Å². The van der Waals surface area contributed by atoms with Crippen LogP contribution in [0.2, 0.25) is 0 Å². The summed E-state index contributed by atoms with van der Waals surface area (Å²) in [4.78, 5) is 0. The topological polar surface area (TPSA) is 50.1 Å². The van der Waals surface area contributed by atoms with Crippen LogP contribution in [0.1, 0.15) is 32.8 Å². The average Bonchev–Trinajstić information content (AvgIpc) is 2.71. The molecule has 16 heavy (non-hydrogen) atoms. The van der Waals surface area contributed by atoms with Crippen LogP contribution < -0.4 is 5.32 Å². The maximum atomic E-state index is 9.61. The van der Waals surface area contributed by atoms with Crippen LogP contribution in [0.25, 0.3) is 0 Å². The molecule has 0 amide bonds. The van der Waals surface area contributed by atoms with Crippen LogP contribution >= 0.6 is 0 Å². The zero-order chi connectivity index (χ0) is 12.0. The second-order valence-electron chi connectivity index (χ2n) is 4.48. The molecular formula is C12H23N3O. The van der Waals surface area contributed by atoms with E-state index in [1.165, 1.54) is 5.56 Å². The lowest BCUT2D eigenvalue weighted by molar-refractivity contribution is 0.116. The summed E-state index contributed by atoms with van der Waals surface area (Å²) in [5.41, 5.74) is 1.20. The van der Waals surface area contributed by atoms with E-state index in [9.17, 15) is 5.11 Å². The van der Waals surface area contributed by atoms with Crippen molar-refractivity contribution in [3.05, 3.63) is 18.0 Å². The van der Waals surface area contributed by atoms with Crippen molar-refractivity contribution in [3.63, 3.8) is 0 Å². The number of nitrogens with zero attached hydrogens (tertiary/aromatic N) is 2. The first kappa shape index (κ1) is 13.2. The molecule has 1 unspecified atom stereocenters. The Hall–Kier alpha value is -0.870. The second-order valence-corrected chi connectivity index (χ2v) is 4.48. The molecule has 0 radical (unpaired) electrons. The largest absolute Gasteiger partial charge is 0.393 e. The van der Waals surface area contributed by atoms with Crippen molar-refractivity contribution >= 4 is 0 Å². The molecule has 0 aliphatic heterocycles. The van der Waals surface area contributed by atoms with Gasteiger partial charge in [0, 0.05) is 24.8 Å². The highest BCUT2D eigenvalue weighted by molar-refractivity contribution is 5.02. The summed E-state index contributed by atoms with van der Waals surface area (Å²) in [6.45, 7) is 8.72. The fourth-order valence-corrected chi connectivity index (χ4v) is 1.49. The molecule has 1 aromatic rings. The fourth-order valence-electron chi connectivity index (χ4n) is 1.49. The maximum Gasteiger partial charge on any atom is 0.0575 e. The Labute approximate surface area is 97.7 Å². The molecule has 0 fully saturated rings. The SMILES string of the molecule is CCn1cc(CNCCC(O)C(C)C)cn1. The van der Waals surface area contributed by atoms with E-state index < -0.39 is 0 Å². The summed E-state index contributed by atoms with van der Waals surface area (Å²) in [6.07, 6.45) is 4.53. The molecule has 1 aromatic heterocycles. The van der Waals surface area contributed by atoms with Gasteiger partial charge in [0.05, 0.1) is 12.3 Å². The van der Waals surface area contributed by atoms with Crippen LogP contribution in [0.3, 0.4) is 0 Å². The van der Waals surface area contributed by atoms with Gasteiger partial charge in [-0.1, -0.05) is 13.8 Å². The molecule has 1 rings (SSSR count). The molecule has 0 spiro atoms. The first-order chi connectivity index (χ1) is 7.63. The summed E-state index contributed by atoms with van der Waals surface area (Å²) in [6, 6.07) is 0. The van der Waals surface area contributed by atoms with Crippen molar-refractivity contribution in [2.24, 2.45) is 5.92 Å². The molecule has 0 bridgehead atoms. The standard InChI is InChI=1S/C12H23N3O/c1-4-15-9-11(8-14-15)7-13-6-5-12(16)10(2)3/h8-10,12-13,16H,4-7H2,1-3H3. The van der Waals surface area contributed by atoms with Crippen molar-refractivity contribution in [2.45, 2.75) is 46.4 Å². The molecule has 1 heterocycles. The number of aliphatic hydroxyl groups is 1. The van der Waals surface area contributed by atoms with E-state index in [2.05, 4.69) is 17.3 Å². The van der Waals surface area contributed by atoms with Crippen molar-refractivity contribution < 1.29 is 5.11 Å². The van der Waals surface area contributed by atoms with Crippen LogP contribution in [0.4, 0.5) is 0 Å². The lowest BCUT2D eigenvalue weighted by Gasteiger charge is -2.14. The lowest BCUT2D eigenvalue weighted by Crippen LogP contribution is -2.23. The summed E-state index contributed by atoms with van der Waals surface area (Å²) in [5.74, 6) is 0.338. The zero-order valence-electron chi connectivity index (χ0n) is 10.5. The van der Waals surface area contributed by atoms with Gasteiger partial charge in [-0.15, -0.1) is 0 Å². The van der Waals surface area contributed by atoms with E-state index in [1.807, 2.05) is 30.9 Å². The van der Waals surface area contributed by atoms with Gasteiger partial charge < -0.3 is 10.4 Å². The third-order valence-electron chi connectivity index (χ3n) is 2.73. The minimum Gasteiger partial charge on any atom is -0.393 e. The van der Waals surface area contributed by atoms with Gasteiger partial charge in [0.1, 0.15) is 0 Å². The predicted octanol–water partition coefficient (Wildman–Crippen LogP) is 1.40. The Bertz CT molecular complexity index is 296. The van der Waals surface area contributed by atoms with E-state index in [0.717, 1.165) is 26.1 Å². The van der Waals surface area contributed by atoms with Gasteiger partial charge in [0.25, 0.3) is 0 Å². The Kier molecular flexibility index (Phi) is 5.49. The number of aromatic nitrogens is 2. The minimum atomic E-state index is -0.203. The van der Waals surface area contributed by atoms with Gasteiger partial charge >= 0.3 is 0 Å². The highest BCUT2D eigenvalue weighted by atomic mass is 16.3. The minimum absolute atomic E-state index is 0.203. The molecule has 2 N–H and O–H groups in total. The van der Waals surface area contributed by atoms with Gasteiger partial charge in [-0.3, -0.25) is 4.68 Å². The van der Waals surface area contributed by atoms with Crippen molar-refractivity contribution in [3.8, 4) is 0 Å². The Balaban J connectivity index is 2.16. The van der Waals surface area contributed by atoms with E-state index >= 15 is 0 Å². The molecule has 4 heteroatoms. The number of hydrogen-bond acceptors (Lipinski definition) is 3. The number of nitrogens with one attached hydrogen (secondary N) is 1. The third kappa shape index (κ3) is 4.33. The quantitative estimate of drug-likeness (QED) is 0.690. The molecule has 1 atom stereocenters. The monoisotopic (exact) mass is 225 g/mol. The highest BCUT2D eigenvalue weighted by Gasteiger charge is 2.07. The van der Waals surface area contributed by atoms with E-state index in [1.54, 1.807) is 0 Å². The number of rotatable bonds is 7. The van der Waals surface area contributed by atoms with Crippen LogP contribution in [0.15, 0.2) is 12.4 Å². The van der Waals surface area contributed by atoms with Crippen LogP contribution in [0.5, 0.6) is 0 Å². The number of hydrogen-bond donors (Lipinski definition) is 2. The summed E-state index contributed by atoms with van der Waals surface area (Å²) >= 11 is 0.